The summed E-state index contributed by atoms with van der Waals surface area (Å²) in [6.07, 6.45) is 0. The highest BCUT2D eigenvalue weighted by molar-refractivity contribution is 9.10. The zero-order chi connectivity index (χ0) is 13.0. The molecule has 0 fully saturated rings. The highest BCUT2D eigenvalue weighted by atomic mass is 79.9. The van der Waals surface area contributed by atoms with Crippen LogP contribution in [0, 0.1) is 0 Å². The van der Waals surface area contributed by atoms with E-state index >= 15 is 0 Å². The quantitative estimate of drug-likeness (QED) is 0.849. The van der Waals surface area contributed by atoms with Gasteiger partial charge < -0.3 is 9.47 Å². The van der Waals surface area contributed by atoms with Crippen LogP contribution in [0.3, 0.4) is 0 Å². The van der Waals surface area contributed by atoms with Gasteiger partial charge in [-0.3, -0.25) is 0 Å². The first kappa shape index (κ1) is 13.0. The van der Waals surface area contributed by atoms with E-state index in [1.54, 1.807) is 18.9 Å². The monoisotopic (exact) mass is 311 g/mol. The minimum atomic E-state index is 0.411. The van der Waals surface area contributed by atoms with Crippen molar-refractivity contribution >= 4 is 15.9 Å². The van der Waals surface area contributed by atoms with Gasteiger partial charge in [-0.2, -0.15) is 5.10 Å². The molecule has 96 valence electrons. The molecular weight excluding hydrogens is 298 g/mol. The third-order valence-corrected chi connectivity index (χ3v) is 3.02. The van der Waals surface area contributed by atoms with Gasteiger partial charge in [0.15, 0.2) is 10.6 Å². The molecular formula is C12H14BrN3O2. The fourth-order valence-electron chi connectivity index (χ4n) is 1.56. The maximum absolute atomic E-state index is 5.12. The van der Waals surface area contributed by atoms with Gasteiger partial charge in [-0.1, -0.05) is 12.1 Å². The van der Waals surface area contributed by atoms with Crippen LogP contribution >= 0.6 is 15.9 Å². The number of aromatic nitrogens is 3. The number of nitrogens with zero attached hydrogens (tertiary/aromatic N) is 3. The molecule has 2 rings (SSSR count). The Morgan fingerprint density at radius 2 is 1.94 bits per heavy atom. The van der Waals surface area contributed by atoms with Crippen LogP contribution in [-0.4, -0.2) is 29.0 Å². The molecule has 2 aromatic rings. The lowest BCUT2D eigenvalue weighted by atomic mass is 10.2. The van der Waals surface area contributed by atoms with Crippen LogP contribution in [0.25, 0.3) is 0 Å². The highest BCUT2D eigenvalue weighted by Crippen LogP contribution is 2.14. The molecule has 0 spiro atoms. The van der Waals surface area contributed by atoms with Crippen molar-refractivity contribution in [1.82, 2.24) is 14.8 Å². The third kappa shape index (κ3) is 3.08. The summed E-state index contributed by atoms with van der Waals surface area (Å²) in [6.45, 7) is 1.06. The summed E-state index contributed by atoms with van der Waals surface area (Å²) in [5.41, 5.74) is 1.13. The van der Waals surface area contributed by atoms with Crippen molar-refractivity contribution in [3.05, 3.63) is 40.4 Å². The molecule has 1 aromatic carbocycles. The Hall–Kier alpha value is -1.40. The molecule has 0 saturated heterocycles. The topological polar surface area (TPSA) is 49.2 Å². The van der Waals surface area contributed by atoms with Crippen LogP contribution in [0.4, 0.5) is 0 Å². The number of rotatable bonds is 5. The van der Waals surface area contributed by atoms with Crippen LogP contribution in [0.2, 0.25) is 0 Å². The first-order valence-electron chi connectivity index (χ1n) is 5.44. The average Bonchev–Trinajstić information content (AvgIpc) is 2.71. The highest BCUT2D eigenvalue weighted by Gasteiger charge is 2.07. The molecule has 0 saturated carbocycles. The summed E-state index contributed by atoms with van der Waals surface area (Å²) < 4.78 is 12.6. The van der Waals surface area contributed by atoms with E-state index in [0.29, 0.717) is 23.7 Å². The van der Waals surface area contributed by atoms with Crippen LogP contribution < -0.4 is 4.74 Å². The molecule has 1 aromatic heterocycles. The Kier molecular flexibility index (Phi) is 4.33. The van der Waals surface area contributed by atoms with Gasteiger partial charge in [0.25, 0.3) is 0 Å². The SMILES string of the molecule is COCc1nc(Br)n(Cc2ccc(OC)cc2)n1. The van der Waals surface area contributed by atoms with Crippen LogP contribution in [0.15, 0.2) is 29.0 Å². The Balaban J connectivity index is 2.12. The smallest absolute Gasteiger partial charge is 0.195 e. The average molecular weight is 312 g/mol. The van der Waals surface area contributed by atoms with E-state index in [2.05, 4.69) is 26.0 Å². The van der Waals surface area contributed by atoms with E-state index < -0.39 is 0 Å². The summed E-state index contributed by atoms with van der Waals surface area (Å²) in [5, 5.41) is 4.34. The second-order valence-electron chi connectivity index (χ2n) is 3.74. The van der Waals surface area contributed by atoms with Gasteiger partial charge in [0, 0.05) is 7.11 Å². The summed E-state index contributed by atoms with van der Waals surface area (Å²) >= 11 is 3.38. The van der Waals surface area contributed by atoms with Crippen molar-refractivity contribution in [1.29, 1.82) is 0 Å². The maximum atomic E-state index is 5.12. The predicted octanol–water partition coefficient (Wildman–Crippen LogP) is 2.24. The van der Waals surface area contributed by atoms with Crippen LogP contribution in [-0.2, 0) is 17.9 Å². The molecule has 0 N–H and O–H groups in total. The Morgan fingerprint density at radius 1 is 1.22 bits per heavy atom. The fourth-order valence-corrected chi connectivity index (χ4v) is 1.97. The van der Waals surface area contributed by atoms with Gasteiger partial charge in [0.1, 0.15) is 12.4 Å². The number of hydrogen-bond acceptors (Lipinski definition) is 4. The van der Waals surface area contributed by atoms with Crippen molar-refractivity contribution in [3.63, 3.8) is 0 Å². The zero-order valence-electron chi connectivity index (χ0n) is 10.3. The van der Waals surface area contributed by atoms with Crippen molar-refractivity contribution in [2.75, 3.05) is 14.2 Å². The van der Waals surface area contributed by atoms with Gasteiger partial charge >= 0.3 is 0 Å². The van der Waals surface area contributed by atoms with Gasteiger partial charge in [-0.05, 0) is 33.6 Å². The van der Waals surface area contributed by atoms with Gasteiger partial charge in [-0.25, -0.2) is 9.67 Å². The first-order valence-corrected chi connectivity index (χ1v) is 6.23. The normalized spacial score (nSPS) is 10.6. The molecule has 0 radical (unpaired) electrons. The molecule has 6 heteroatoms. The Morgan fingerprint density at radius 3 is 2.56 bits per heavy atom. The number of hydrogen-bond donors (Lipinski definition) is 0. The predicted molar refractivity (Wildman–Crippen MR) is 70.5 cm³/mol. The number of benzene rings is 1. The van der Waals surface area contributed by atoms with Crippen molar-refractivity contribution in [2.24, 2.45) is 0 Å². The molecule has 0 aliphatic heterocycles. The Bertz CT molecular complexity index is 511. The summed E-state index contributed by atoms with van der Waals surface area (Å²) in [6, 6.07) is 7.86. The number of halogens is 1. The maximum Gasteiger partial charge on any atom is 0.195 e. The lowest BCUT2D eigenvalue weighted by Crippen LogP contribution is -2.03. The molecule has 18 heavy (non-hydrogen) atoms. The second kappa shape index (κ2) is 5.97. The molecule has 0 bridgehead atoms. The molecule has 0 aliphatic carbocycles. The number of methoxy groups -OCH3 is 2. The van der Waals surface area contributed by atoms with Crippen LogP contribution in [0.5, 0.6) is 5.75 Å². The third-order valence-electron chi connectivity index (χ3n) is 2.44. The summed E-state index contributed by atoms with van der Waals surface area (Å²) in [7, 11) is 3.28. The molecule has 0 unspecified atom stereocenters. The lowest BCUT2D eigenvalue weighted by molar-refractivity contribution is 0.177. The summed E-state index contributed by atoms with van der Waals surface area (Å²) in [4.78, 5) is 4.25. The van der Waals surface area contributed by atoms with E-state index in [0.717, 1.165) is 11.3 Å². The molecule has 1 heterocycles. The van der Waals surface area contributed by atoms with Gasteiger partial charge in [0.2, 0.25) is 0 Å². The van der Waals surface area contributed by atoms with Crippen LogP contribution in [0.1, 0.15) is 11.4 Å². The van der Waals surface area contributed by atoms with Crippen molar-refractivity contribution < 1.29 is 9.47 Å². The van der Waals surface area contributed by atoms with E-state index in [9.17, 15) is 0 Å². The Labute approximate surface area is 114 Å². The number of ether oxygens (including phenoxy) is 2. The largest absolute Gasteiger partial charge is 0.497 e. The first-order chi connectivity index (χ1) is 8.72. The standard InChI is InChI=1S/C12H14BrN3O2/c1-17-8-11-14-12(13)16(15-11)7-9-3-5-10(18-2)6-4-9/h3-6H,7-8H2,1-2H3. The summed E-state index contributed by atoms with van der Waals surface area (Å²) in [5.74, 6) is 1.51. The zero-order valence-corrected chi connectivity index (χ0v) is 11.8. The van der Waals surface area contributed by atoms with Crippen molar-refractivity contribution in [3.8, 4) is 5.75 Å². The molecule has 5 nitrogen and oxygen atoms in total. The second-order valence-corrected chi connectivity index (χ2v) is 4.45. The van der Waals surface area contributed by atoms with Gasteiger partial charge in [-0.15, -0.1) is 0 Å². The van der Waals surface area contributed by atoms with Gasteiger partial charge in [0.05, 0.1) is 13.7 Å². The van der Waals surface area contributed by atoms with Crippen molar-refractivity contribution in [2.45, 2.75) is 13.2 Å². The van der Waals surface area contributed by atoms with E-state index in [1.165, 1.54) is 0 Å². The minimum Gasteiger partial charge on any atom is -0.497 e. The molecule has 0 amide bonds. The lowest BCUT2D eigenvalue weighted by Gasteiger charge is -2.04. The fraction of sp³-hybridized carbons (Fsp3) is 0.333. The van der Waals surface area contributed by atoms with E-state index in [-0.39, 0.29) is 0 Å². The molecule has 0 atom stereocenters. The van der Waals surface area contributed by atoms with E-state index in [1.807, 2.05) is 24.3 Å². The van der Waals surface area contributed by atoms with E-state index in [4.69, 9.17) is 9.47 Å². The molecule has 0 aliphatic rings. The minimum absolute atomic E-state index is 0.411.